The van der Waals surface area contributed by atoms with Gasteiger partial charge in [0.2, 0.25) is 10.0 Å². The molecule has 19 heavy (non-hydrogen) atoms. The Bertz CT molecular complexity index is 520. The second-order valence-electron chi connectivity index (χ2n) is 4.14. The summed E-state index contributed by atoms with van der Waals surface area (Å²) in [6.45, 7) is 1.25. The second-order valence-corrected chi connectivity index (χ2v) is 7.01. The summed E-state index contributed by atoms with van der Waals surface area (Å²) in [6, 6.07) is 5.11. The van der Waals surface area contributed by atoms with Gasteiger partial charge < -0.3 is 10.5 Å². The Hall–Kier alpha value is -0.470. The number of ether oxygens (including phenoxy) is 1. The molecule has 0 aliphatic rings. The van der Waals surface area contributed by atoms with E-state index in [0.717, 1.165) is 5.56 Å². The summed E-state index contributed by atoms with van der Waals surface area (Å²) in [5.41, 5.74) is 6.33. The highest BCUT2D eigenvalue weighted by Crippen LogP contribution is 2.25. The summed E-state index contributed by atoms with van der Waals surface area (Å²) in [6.07, 6.45) is 0.653. The van der Waals surface area contributed by atoms with Crippen molar-refractivity contribution in [2.75, 3.05) is 27.3 Å². The minimum absolute atomic E-state index is 0.246. The van der Waals surface area contributed by atoms with Crippen molar-refractivity contribution in [3.63, 3.8) is 0 Å². The topological polar surface area (TPSA) is 72.6 Å². The highest BCUT2D eigenvalue weighted by Gasteiger charge is 2.23. The Morgan fingerprint density at radius 1 is 1.42 bits per heavy atom. The lowest BCUT2D eigenvalue weighted by Gasteiger charge is -2.18. The fraction of sp³-hybridized carbons (Fsp3) is 0.500. The largest absolute Gasteiger partial charge is 0.385 e. The smallest absolute Gasteiger partial charge is 0.243 e. The van der Waals surface area contributed by atoms with Crippen molar-refractivity contribution in [1.29, 1.82) is 0 Å². The van der Waals surface area contributed by atoms with Crippen LogP contribution in [0, 0.1) is 0 Å². The minimum Gasteiger partial charge on any atom is -0.385 e. The van der Waals surface area contributed by atoms with Crippen molar-refractivity contribution in [2.45, 2.75) is 17.9 Å². The van der Waals surface area contributed by atoms with Gasteiger partial charge in [0.15, 0.2) is 0 Å². The normalized spacial score (nSPS) is 12.1. The van der Waals surface area contributed by atoms with Crippen LogP contribution in [0.25, 0.3) is 0 Å². The molecule has 0 atom stereocenters. The lowest BCUT2D eigenvalue weighted by Crippen LogP contribution is -2.29. The van der Waals surface area contributed by atoms with Gasteiger partial charge in [-0.3, -0.25) is 0 Å². The van der Waals surface area contributed by atoms with Crippen LogP contribution in [0.15, 0.2) is 27.6 Å². The molecule has 0 spiro atoms. The molecule has 0 saturated carbocycles. The third kappa shape index (κ3) is 4.25. The molecule has 2 N–H and O–H groups in total. The van der Waals surface area contributed by atoms with Crippen LogP contribution < -0.4 is 5.73 Å². The highest BCUT2D eigenvalue weighted by atomic mass is 79.9. The minimum atomic E-state index is -3.51. The molecule has 0 aliphatic heterocycles. The van der Waals surface area contributed by atoms with Gasteiger partial charge in [-0.1, -0.05) is 6.07 Å². The van der Waals surface area contributed by atoms with Crippen molar-refractivity contribution in [3.8, 4) is 0 Å². The molecule has 0 fully saturated rings. The highest BCUT2D eigenvalue weighted by molar-refractivity contribution is 9.10. The van der Waals surface area contributed by atoms with E-state index in [2.05, 4.69) is 15.9 Å². The van der Waals surface area contributed by atoms with Gasteiger partial charge in [-0.2, -0.15) is 0 Å². The first-order chi connectivity index (χ1) is 8.93. The lowest BCUT2D eigenvalue weighted by molar-refractivity contribution is 0.189. The van der Waals surface area contributed by atoms with Gasteiger partial charge in [-0.05, 0) is 40.0 Å². The van der Waals surface area contributed by atoms with Crippen molar-refractivity contribution < 1.29 is 13.2 Å². The molecular weight excluding hydrogens is 332 g/mol. The Labute approximate surface area is 122 Å². The summed E-state index contributed by atoms with van der Waals surface area (Å²) in [7, 11) is -0.352. The maximum Gasteiger partial charge on any atom is 0.243 e. The summed E-state index contributed by atoms with van der Waals surface area (Å²) < 4.78 is 31.7. The lowest BCUT2D eigenvalue weighted by atomic mass is 10.2. The van der Waals surface area contributed by atoms with Crippen LogP contribution in [0.3, 0.4) is 0 Å². The summed E-state index contributed by atoms with van der Waals surface area (Å²) >= 11 is 3.27. The van der Waals surface area contributed by atoms with E-state index >= 15 is 0 Å². The van der Waals surface area contributed by atoms with Gasteiger partial charge >= 0.3 is 0 Å². The summed E-state index contributed by atoms with van der Waals surface area (Å²) in [4.78, 5) is 0.246. The fourth-order valence-electron chi connectivity index (χ4n) is 1.59. The molecule has 0 bridgehead atoms. The maximum atomic E-state index is 12.4. The Balaban J connectivity index is 2.99. The number of benzene rings is 1. The molecule has 1 aromatic rings. The summed E-state index contributed by atoms with van der Waals surface area (Å²) in [5.74, 6) is 0. The van der Waals surface area contributed by atoms with E-state index < -0.39 is 10.0 Å². The second kappa shape index (κ2) is 7.35. The van der Waals surface area contributed by atoms with Gasteiger partial charge in [-0.15, -0.1) is 0 Å². The Morgan fingerprint density at radius 2 is 2.11 bits per heavy atom. The average molecular weight is 351 g/mol. The summed E-state index contributed by atoms with van der Waals surface area (Å²) in [5, 5.41) is 0. The van der Waals surface area contributed by atoms with E-state index in [1.54, 1.807) is 32.4 Å². The monoisotopic (exact) mass is 350 g/mol. The van der Waals surface area contributed by atoms with E-state index in [0.29, 0.717) is 30.6 Å². The van der Waals surface area contributed by atoms with Crippen molar-refractivity contribution in [1.82, 2.24) is 4.31 Å². The molecule has 0 heterocycles. The molecule has 108 valence electrons. The number of sulfonamides is 1. The maximum absolute atomic E-state index is 12.4. The first-order valence-corrected chi connectivity index (χ1v) is 8.10. The third-order valence-electron chi connectivity index (χ3n) is 2.74. The van der Waals surface area contributed by atoms with Gasteiger partial charge in [0, 0.05) is 38.3 Å². The molecule has 7 heteroatoms. The first-order valence-electron chi connectivity index (χ1n) is 5.87. The Morgan fingerprint density at radius 3 is 2.68 bits per heavy atom. The van der Waals surface area contributed by atoms with E-state index in [4.69, 9.17) is 10.5 Å². The number of halogens is 1. The van der Waals surface area contributed by atoms with E-state index in [9.17, 15) is 8.42 Å². The van der Waals surface area contributed by atoms with Crippen LogP contribution in [-0.4, -0.2) is 40.0 Å². The van der Waals surface area contributed by atoms with Crippen LogP contribution in [-0.2, 0) is 21.3 Å². The number of hydrogen-bond donors (Lipinski definition) is 1. The van der Waals surface area contributed by atoms with E-state index in [1.807, 2.05) is 0 Å². The molecule has 0 aromatic heterocycles. The van der Waals surface area contributed by atoms with Crippen LogP contribution in [0.1, 0.15) is 12.0 Å². The molecule has 1 rings (SSSR count). The predicted octanol–water partition coefficient (Wildman–Crippen LogP) is 1.56. The van der Waals surface area contributed by atoms with E-state index in [-0.39, 0.29) is 4.90 Å². The quantitative estimate of drug-likeness (QED) is 0.757. The van der Waals surface area contributed by atoms with Crippen molar-refractivity contribution in [2.24, 2.45) is 5.73 Å². The van der Waals surface area contributed by atoms with Crippen LogP contribution in [0.2, 0.25) is 0 Å². The Kier molecular flexibility index (Phi) is 6.41. The van der Waals surface area contributed by atoms with Crippen LogP contribution in [0.4, 0.5) is 0 Å². The van der Waals surface area contributed by atoms with Crippen molar-refractivity contribution in [3.05, 3.63) is 28.2 Å². The van der Waals surface area contributed by atoms with Gasteiger partial charge in [-0.25, -0.2) is 12.7 Å². The van der Waals surface area contributed by atoms with Crippen LogP contribution in [0.5, 0.6) is 0 Å². The molecule has 1 aromatic carbocycles. The fourth-order valence-corrected chi connectivity index (χ4v) is 3.77. The SMILES string of the molecule is COCCCN(C)S(=O)(=O)c1cc(CN)ccc1Br. The molecular formula is C12H19BrN2O3S. The molecule has 0 saturated heterocycles. The predicted molar refractivity (Wildman–Crippen MR) is 78.3 cm³/mol. The van der Waals surface area contributed by atoms with Crippen LogP contribution >= 0.6 is 15.9 Å². The van der Waals surface area contributed by atoms with Crippen molar-refractivity contribution >= 4 is 26.0 Å². The average Bonchev–Trinajstić information content (AvgIpc) is 2.39. The van der Waals surface area contributed by atoms with Gasteiger partial charge in [0.25, 0.3) is 0 Å². The number of hydrogen-bond acceptors (Lipinski definition) is 4. The number of nitrogens with zero attached hydrogens (tertiary/aromatic N) is 1. The molecule has 0 amide bonds. The zero-order valence-electron chi connectivity index (χ0n) is 11.1. The number of rotatable bonds is 7. The van der Waals surface area contributed by atoms with Gasteiger partial charge in [0.1, 0.15) is 0 Å². The zero-order chi connectivity index (χ0) is 14.5. The number of methoxy groups -OCH3 is 1. The van der Waals surface area contributed by atoms with E-state index in [1.165, 1.54) is 4.31 Å². The zero-order valence-corrected chi connectivity index (χ0v) is 13.5. The number of nitrogens with two attached hydrogens (primary N) is 1. The molecule has 0 unspecified atom stereocenters. The third-order valence-corrected chi connectivity index (χ3v) is 5.59. The molecule has 0 radical (unpaired) electrons. The molecule has 0 aliphatic carbocycles. The standard InChI is InChI=1S/C12H19BrN2O3S/c1-15(6-3-7-18-2)19(16,17)12-8-10(9-14)4-5-11(12)13/h4-5,8H,3,6-7,9,14H2,1-2H3. The van der Waals surface area contributed by atoms with Gasteiger partial charge in [0.05, 0.1) is 4.90 Å². The first kappa shape index (κ1) is 16.6. The molecule has 5 nitrogen and oxygen atoms in total.